The minimum Gasteiger partial charge on any atom is -0.507 e. The molecule has 1 aliphatic carbocycles. The van der Waals surface area contributed by atoms with Gasteiger partial charge in [0.15, 0.2) is 0 Å². The van der Waals surface area contributed by atoms with Crippen molar-refractivity contribution in [3.8, 4) is 11.5 Å². The summed E-state index contributed by atoms with van der Waals surface area (Å²) in [7, 11) is 7.34. The van der Waals surface area contributed by atoms with Crippen molar-refractivity contribution in [2.75, 3.05) is 6.61 Å². The number of carbonyl (C=O) groups is 2. The van der Waals surface area contributed by atoms with Crippen molar-refractivity contribution >= 4 is 34.9 Å². The molecule has 2 rings (SSSR count). The van der Waals surface area contributed by atoms with Crippen molar-refractivity contribution in [1.29, 1.82) is 0 Å². The summed E-state index contributed by atoms with van der Waals surface area (Å²) < 4.78 is 30.6. The molecule has 0 saturated heterocycles. The number of hydrogen-bond donors (Lipinski definition) is 2. The smallest absolute Gasteiger partial charge is 0.424 e. The van der Waals surface area contributed by atoms with E-state index in [-0.39, 0.29) is 29.9 Å². The van der Waals surface area contributed by atoms with E-state index in [0.717, 1.165) is 24.0 Å². The maximum atomic E-state index is 14.2. The summed E-state index contributed by atoms with van der Waals surface area (Å²) in [6.45, 7) is 16.1. The van der Waals surface area contributed by atoms with E-state index >= 15 is 0 Å². The summed E-state index contributed by atoms with van der Waals surface area (Å²) in [5.41, 5.74) is 1.97. The maximum Gasteiger partial charge on any atom is 0.424 e. The highest BCUT2D eigenvalue weighted by molar-refractivity contribution is 7.74. The van der Waals surface area contributed by atoms with Crippen LogP contribution in [0.25, 0.3) is 0 Å². The highest BCUT2D eigenvalue weighted by Crippen LogP contribution is 2.52. The zero-order chi connectivity index (χ0) is 31.1. The van der Waals surface area contributed by atoms with Gasteiger partial charge in [-0.25, -0.2) is 14.4 Å². The summed E-state index contributed by atoms with van der Waals surface area (Å²) in [6.07, 6.45) is 4.94. The van der Waals surface area contributed by atoms with Gasteiger partial charge in [-0.15, -0.1) is 5.21 Å². The van der Waals surface area contributed by atoms with Crippen LogP contribution >= 0.6 is 7.52 Å². The second kappa shape index (κ2) is 14.6. The lowest BCUT2D eigenvalue weighted by Crippen LogP contribution is -2.37. The standard InChI is InChI=1S/C30H44B2NO7P/c1-9-38-29(36)41(37,33-21(7)28(35)39-19(4)5)40-26-17-22(11-10-14-30(8,31)32)16-25(34)27(26)24-15-20(6)12-13-23(24)18(2)3/h15-17,19,21,23-24,34H,2,9-14H2,1,3-8H3,(H,33,37). The number of phenols is 1. The third kappa shape index (κ3) is 10.1. The van der Waals surface area contributed by atoms with Crippen molar-refractivity contribution in [3.63, 3.8) is 0 Å². The van der Waals surface area contributed by atoms with E-state index in [1.54, 1.807) is 39.8 Å². The van der Waals surface area contributed by atoms with Crippen LogP contribution in [-0.2, 0) is 25.3 Å². The van der Waals surface area contributed by atoms with Gasteiger partial charge in [-0.2, -0.15) is 0 Å². The lowest BCUT2D eigenvalue weighted by molar-refractivity contribution is -0.149. The molecule has 41 heavy (non-hydrogen) atoms. The SMILES string of the molecule is [B]C([B])(C)CCCc1cc(O)c(C2C=C(C)CCC2C(=C)C)c(OP(=O)(NC(C)C(=O)OC(C)C)C(=O)OCC)c1. The molecule has 0 bridgehead atoms. The Balaban J connectivity index is 2.66. The zero-order valence-corrected chi connectivity index (χ0v) is 26.4. The molecule has 0 aromatic heterocycles. The number of esters is 1. The number of benzene rings is 1. The number of rotatable bonds is 14. The predicted octanol–water partition coefficient (Wildman–Crippen LogP) is 6.86. The van der Waals surface area contributed by atoms with Crippen LogP contribution in [0, 0.1) is 5.92 Å². The number of nitrogens with one attached hydrogen (secondary N) is 1. The van der Waals surface area contributed by atoms with Crippen LogP contribution in [0.1, 0.15) is 91.2 Å². The maximum absolute atomic E-state index is 14.2. The second-order valence-corrected chi connectivity index (χ2v) is 13.5. The average Bonchev–Trinajstić information content (AvgIpc) is 2.82. The van der Waals surface area contributed by atoms with E-state index in [1.807, 2.05) is 19.9 Å². The molecule has 8 nitrogen and oxygen atoms in total. The minimum atomic E-state index is -4.54. The molecular formula is C30H44B2NO7P. The van der Waals surface area contributed by atoms with E-state index < -0.39 is 36.6 Å². The number of allylic oxidation sites excluding steroid dienone is 3. The van der Waals surface area contributed by atoms with Crippen molar-refractivity contribution < 1.29 is 33.3 Å². The molecule has 0 saturated carbocycles. The number of hydrogen-bond acceptors (Lipinski definition) is 7. The van der Waals surface area contributed by atoms with Gasteiger partial charge >= 0.3 is 19.2 Å². The summed E-state index contributed by atoms with van der Waals surface area (Å²) in [6, 6.07) is 2.15. The largest absolute Gasteiger partial charge is 0.507 e. The van der Waals surface area contributed by atoms with Gasteiger partial charge in [-0.1, -0.05) is 43.6 Å². The number of phenolic OH excluding ortho intramolecular Hbond substituents is 1. The molecule has 4 atom stereocenters. The Labute approximate surface area is 248 Å². The summed E-state index contributed by atoms with van der Waals surface area (Å²) in [4.78, 5) is 25.6. The molecule has 0 heterocycles. The van der Waals surface area contributed by atoms with Crippen LogP contribution in [0.4, 0.5) is 4.79 Å². The fourth-order valence-electron chi connectivity index (χ4n) is 4.91. The van der Waals surface area contributed by atoms with Gasteiger partial charge in [0.05, 0.1) is 28.4 Å². The molecule has 11 heteroatoms. The molecule has 0 aliphatic heterocycles. The fraction of sp³-hybridized carbons (Fsp3) is 0.600. The predicted molar refractivity (Wildman–Crippen MR) is 164 cm³/mol. The number of ether oxygens (including phenoxy) is 2. The Hall–Kier alpha value is -2.44. The van der Waals surface area contributed by atoms with Crippen LogP contribution < -0.4 is 9.61 Å². The highest BCUT2D eigenvalue weighted by Gasteiger charge is 2.42. The number of aromatic hydroxyl groups is 1. The van der Waals surface area contributed by atoms with Crippen molar-refractivity contribution in [2.24, 2.45) is 5.92 Å². The van der Waals surface area contributed by atoms with Gasteiger partial charge in [0.2, 0.25) is 0 Å². The lowest BCUT2D eigenvalue weighted by atomic mass is 9.54. The summed E-state index contributed by atoms with van der Waals surface area (Å²) in [5.74, 6) is -1.09. The molecular weight excluding hydrogens is 539 g/mol. The molecule has 0 spiro atoms. The normalized spacial score (nSPS) is 19.6. The van der Waals surface area contributed by atoms with E-state index in [2.05, 4.69) is 11.7 Å². The number of aryl methyl sites for hydroxylation is 1. The van der Waals surface area contributed by atoms with E-state index in [4.69, 9.17) is 29.7 Å². The first-order valence-corrected chi connectivity index (χ1v) is 15.8. The van der Waals surface area contributed by atoms with Crippen molar-refractivity contribution in [3.05, 3.63) is 47.1 Å². The number of carbonyl (C=O) groups excluding carboxylic acids is 2. The highest BCUT2D eigenvalue weighted by atomic mass is 31.2. The van der Waals surface area contributed by atoms with E-state index in [9.17, 15) is 19.3 Å². The Kier molecular flexibility index (Phi) is 12.4. The lowest BCUT2D eigenvalue weighted by Gasteiger charge is -2.33. The second-order valence-electron chi connectivity index (χ2n) is 11.6. The molecule has 1 aliphatic rings. The Morgan fingerprint density at radius 3 is 2.49 bits per heavy atom. The molecule has 222 valence electrons. The fourth-order valence-corrected chi connectivity index (χ4v) is 6.48. The van der Waals surface area contributed by atoms with E-state index in [1.165, 1.54) is 6.92 Å². The molecule has 0 amide bonds. The summed E-state index contributed by atoms with van der Waals surface area (Å²) >= 11 is 0. The molecule has 0 fully saturated rings. The van der Waals surface area contributed by atoms with Gasteiger partial charge in [-0.05, 0) is 84.4 Å². The summed E-state index contributed by atoms with van der Waals surface area (Å²) in [5, 5.41) is 13.1. The topological polar surface area (TPSA) is 111 Å². The molecule has 4 unspecified atom stereocenters. The molecule has 4 radical (unpaired) electrons. The minimum absolute atomic E-state index is 0.0251. The van der Waals surface area contributed by atoms with Gasteiger partial charge in [0.25, 0.3) is 0 Å². The van der Waals surface area contributed by atoms with Crippen LogP contribution in [0.5, 0.6) is 11.5 Å². The van der Waals surface area contributed by atoms with Crippen LogP contribution in [0.3, 0.4) is 0 Å². The van der Waals surface area contributed by atoms with Gasteiger partial charge in [-0.3, -0.25) is 4.79 Å². The molecule has 1 aromatic rings. The Morgan fingerprint density at radius 1 is 1.27 bits per heavy atom. The first-order valence-electron chi connectivity index (χ1n) is 14.2. The van der Waals surface area contributed by atoms with Crippen molar-refractivity contribution in [1.82, 2.24) is 5.09 Å². The van der Waals surface area contributed by atoms with Gasteiger partial charge in [0, 0.05) is 11.5 Å². The molecule has 1 aromatic carbocycles. The Morgan fingerprint density at radius 2 is 1.93 bits per heavy atom. The third-order valence-corrected chi connectivity index (χ3v) is 8.67. The monoisotopic (exact) mass is 583 g/mol. The average molecular weight is 583 g/mol. The van der Waals surface area contributed by atoms with Gasteiger partial charge < -0.3 is 19.1 Å². The first-order chi connectivity index (χ1) is 19.0. The zero-order valence-electron chi connectivity index (χ0n) is 25.5. The van der Waals surface area contributed by atoms with Crippen LogP contribution in [-0.4, -0.2) is 51.2 Å². The Bertz CT molecular complexity index is 1190. The van der Waals surface area contributed by atoms with Crippen LogP contribution in [0.15, 0.2) is 35.9 Å². The van der Waals surface area contributed by atoms with Gasteiger partial charge in [0.1, 0.15) is 17.5 Å². The first kappa shape index (κ1) is 34.8. The van der Waals surface area contributed by atoms with Crippen molar-refractivity contribution in [2.45, 2.75) is 104 Å². The van der Waals surface area contributed by atoms with Crippen LogP contribution in [0.2, 0.25) is 5.21 Å². The quantitative estimate of drug-likeness (QED) is 0.106. The van der Waals surface area contributed by atoms with E-state index in [0.29, 0.717) is 30.4 Å². The third-order valence-electron chi connectivity index (χ3n) is 6.88. The molecule has 2 N–H and O–H groups in total.